The monoisotopic (exact) mass is 256 g/mol. The van der Waals surface area contributed by atoms with Crippen molar-refractivity contribution in [3.8, 4) is 0 Å². The van der Waals surface area contributed by atoms with Gasteiger partial charge in [0.2, 0.25) is 0 Å². The molecule has 0 amide bonds. The van der Waals surface area contributed by atoms with Crippen LogP contribution in [0.4, 0.5) is 0 Å². The summed E-state index contributed by atoms with van der Waals surface area (Å²) in [5.41, 5.74) is 3.23. The fourth-order valence-electron chi connectivity index (χ4n) is 2.29. The van der Waals surface area contributed by atoms with E-state index in [-0.39, 0.29) is 5.56 Å². The molecule has 5 nitrogen and oxygen atoms in total. The average molecular weight is 256 g/mol. The summed E-state index contributed by atoms with van der Waals surface area (Å²) in [6.07, 6.45) is 1.85. The molecule has 0 unspecified atom stereocenters. The maximum absolute atomic E-state index is 12.0. The fraction of sp³-hybridized carbons (Fsp3) is 0.143. The van der Waals surface area contributed by atoms with Crippen molar-refractivity contribution in [3.05, 3.63) is 51.9 Å². The summed E-state index contributed by atoms with van der Waals surface area (Å²) in [5, 5.41) is 0. The number of hydrogen-bond donors (Lipinski definition) is 1. The van der Waals surface area contributed by atoms with Crippen LogP contribution in [-0.4, -0.2) is 22.5 Å². The van der Waals surface area contributed by atoms with E-state index in [0.29, 0.717) is 16.6 Å². The van der Waals surface area contributed by atoms with Gasteiger partial charge in [0, 0.05) is 6.20 Å². The molecule has 3 rings (SSSR count). The topological polar surface area (TPSA) is 63.6 Å². The van der Waals surface area contributed by atoms with Crippen molar-refractivity contribution < 1.29 is 9.53 Å². The van der Waals surface area contributed by atoms with Gasteiger partial charge >= 0.3 is 5.97 Å². The Labute approximate surface area is 108 Å². The number of ether oxygens (including phenoxy) is 1. The maximum Gasteiger partial charge on any atom is 0.337 e. The molecule has 0 bridgehead atoms. The first-order valence-electron chi connectivity index (χ1n) is 5.84. The predicted molar refractivity (Wildman–Crippen MR) is 71.6 cm³/mol. The predicted octanol–water partition coefficient (Wildman–Crippen LogP) is 1.88. The van der Waals surface area contributed by atoms with E-state index in [0.717, 1.165) is 11.1 Å². The van der Waals surface area contributed by atoms with Crippen LogP contribution in [0.15, 0.2) is 35.3 Å². The zero-order valence-electron chi connectivity index (χ0n) is 10.6. The molecule has 0 aliphatic carbocycles. The fourth-order valence-corrected chi connectivity index (χ4v) is 2.29. The summed E-state index contributed by atoms with van der Waals surface area (Å²) in [6.45, 7) is 1.89. The highest BCUT2D eigenvalue weighted by Crippen LogP contribution is 2.17. The number of esters is 1. The van der Waals surface area contributed by atoms with Crippen LogP contribution in [0.3, 0.4) is 0 Å². The van der Waals surface area contributed by atoms with Gasteiger partial charge in [-0.05, 0) is 36.8 Å². The highest BCUT2D eigenvalue weighted by molar-refractivity contribution is 5.94. The third-order valence-corrected chi connectivity index (χ3v) is 3.23. The summed E-state index contributed by atoms with van der Waals surface area (Å²) in [4.78, 5) is 26.3. The second-order valence-corrected chi connectivity index (χ2v) is 4.39. The first-order valence-corrected chi connectivity index (χ1v) is 5.84. The molecular weight excluding hydrogens is 244 g/mol. The summed E-state index contributed by atoms with van der Waals surface area (Å²) in [6, 6.07) is 6.99. The number of carbonyl (C=O) groups is 1. The van der Waals surface area contributed by atoms with Crippen molar-refractivity contribution in [1.29, 1.82) is 0 Å². The van der Waals surface area contributed by atoms with Gasteiger partial charge in [-0.1, -0.05) is 0 Å². The number of carbonyl (C=O) groups excluding carboxylic acids is 1. The number of nitrogens with one attached hydrogen (secondary N) is 1. The molecule has 5 heteroatoms. The molecule has 3 aromatic rings. The van der Waals surface area contributed by atoms with Crippen LogP contribution in [0.25, 0.3) is 16.6 Å². The maximum atomic E-state index is 12.0. The zero-order chi connectivity index (χ0) is 13.6. The highest BCUT2D eigenvalue weighted by Gasteiger charge is 2.10. The Kier molecular flexibility index (Phi) is 2.41. The number of aromatic amines is 1. The van der Waals surface area contributed by atoms with Crippen LogP contribution >= 0.6 is 0 Å². The third kappa shape index (κ3) is 1.62. The smallest absolute Gasteiger partial charge is 0.337 e. The van der Waals surface area contributed by atoms with Crippen LogP contribution < -0.4 is 5.56 Å². The minimum atomic E-state index is -0.425. The summed E-state index contributed by atoms with van der Waals surface area (Å²) >= 11 is 0. The number of aryl methyl sites for hydroxylation is 1. The van der Waals surface area contributed by atoms with E-state index in [1.54, 1.807) is 18.2 Å². The number of fused-ring (bicyclic) bond motifs is 3. The Hall–Kier alpha value is -2.56. The Morgan fingerprint density at radius 1 is 1.32 bits per heavy atom. The van der Waals surface area contributed by atoms with Gasteiger partial charge in [-0.25, -0.2) is 4.79 Å². The highest BCUT2D eigenvalue weighted by atomic mass is 16.5. The number of nitrogens with zero attached hydrogens (tertiary/aromatic N) is 1. The molecule has 1 aromatic carbocycles. The molecule has 0 radical (unpaired) electrons. The van der Waals surface area contributed by atoms with Gasteiger partial charge in [0.05, 0.1) is 23.7 Å². The molecule has 0 spiro atoms. The lowest BCUT2D eigenvalue weighted by molar-refractivity contribution is 0.0601. The Morgan fingerprint density at radius 2 is 2.11 bits per heavy atom. The van der Waals surface area contributed by atoms with Crippen LogP contribution in [0.1, 0.15) is 15.9 Å². The van der Waals surface area contributed by atoms with E-state index in [1.807, 2.05) is 23.6 Å². The Balaban J connectivity index is 2.40. The lowest BCUT2D eigenvalue weighted by Crippen LogP contribution is -2.11. The van der Waals surface area contributed by atoms with Gasteiger partial charge in [0.1, 0.15) is 5.52 Å². The number of H-pyrrole nitrogens is 1. The molecule has 0 fully saturated rings. The zero-order valence-corrected chi connectivity index (χ0v) is 10.6. The second-order valence-electron chi connectivity index (χ2n) is 4.39. The molecule has 0 aliphatic heterocycles. The van der Waals surface area contributed by atoms with Crippen molar-refractivity contribution in [2.45, 2.75) is 6.92 Å². The average Bonchev–Trinajstić information content (AvgIpc) is 2.80. The Bertz CT molecular complexity index is 858. The Morgan fingerprint density at radius 3 is 2.84 bits per heavy atom. The molecule has 2 heterocycles. The molecular formula is C14H12N2O3. The number of aromatic nitrogens is 2. The van der Waals surface area contributed by atoms with Gasteiger partial charge in [-0.3, -0.25) is 4.79 Å². The van der Waals surface area contributed by atoms with Crippen molar-refractivity contribution >= 4 is 22.5 Å². The van der Waals surface area contributed by atoms with Crippen LogP contribution in [-0.2, 0) is 4.74 Å². The van der Waals surface area contributed by atoms with E-state index < -0.39 is 5.97 Å². The summed E-state index contributed by atoms with van der Waals surface area (Å²) in [5.74, 6) is -0.425. The van der Waals surface area contributed by atoms with Gasteiger partial charge in [0.25, 0.3) is 5.56 Å². The van der Waals surface area contributed by atoms with Crippen molar-refractivity contribution in [3.63, 3.8) is 0 Å². The number of hydrogen-bond acceptors (Lipinski definition) is 3. The van der Waals surface area contributed by atoms with Crippen molar-refractivity contribution in [1.82, 2.24) is 9.38 Å². The lowest BCUT2D eigenvalue weighted by atomic mass is 10.2. The standard InChI is InChI=1S/C14H12N2O3/c1-8-5-6-16-11-4-3-9(14(18)19-2)7-10(11)15-13(17)12(8)16/h3-7H,1-2H3,(H,15,17). The molecule has 0 saturated carbocycles. The van der Waals surface area contributed by atoms with E-state index in [1.165, 1.54) is 7.11 Å². The normalized spacial score (nSPS) is 11.1. The SMILES string of the molecule is COC(=O)c1ccc2c(c1)[nH]c(=O)c1c(C)ccn12. The molecule has 19 heavy (non-hydrogen) atoms. The number of methoxy groups -OCH3 is 1. The van der Waals surface area contributed by atoms with Gasteiger partial charge in [0.15, 0.2) is 0 Å². The van der Waals surface area contributed by atoms with Crippen LogP contribution in [0, 0.1) is 6.92 Å². The molecule has 0 saturated heterocycles. The first kappa shape index (κ1) is 11.5. The van der Waals surface area contributed by atoms with Gasteiger partial charge < -0.3 is 14.1 Å². The number of benzene rings is 1. The van der Waals surface area contributed by atoms with E-state index in [9.17, 15) is 9.59 Å². The van der Waals surface area contributed by atoms with Gasteiger partial charge in [-0.15, -0.1) is 0 Å². The van der Waals surface area contributed by atoms with Crippen LogP contribution in [0.5, 0.6) is 0 Å². The summed E-state index contributed by atoms with van der Waals surface area (Å²) < 4.78 is 6.49. The largest absolute Gasteiger partial charge is 0.465 e. The van der Waals surface area contributed by atoms with Crippen molar-refractivity contribution in [2.24, 2.45) is 0 Å². The number of rotatable bonds is 1. The molecule has 0 atom stereocenters. The summed E-state index contributed by atoms with van der Waals surface area (Å²) in [7, 11) is 1.33. The van der Waals surface area contributed by atoms with E-state index >= 15 is 0 Å². The molecule has 0 aliphatic rings. The van der Waals surface area contributed by atoms with Crippen molar-refractivity contribution in [2.75, 3.05) is 7.11 Å². The minimum Gasteiger partial charge on any atom is -0.465 e. The third-order valence-electron chi connectivity index (χ3n) is 3.23. The molecule has 1 N–H and O–H groups in total. The second kappa shape index (κ2) is 3.98. The van der Waals surface area contributed by atoms with E-state index in [4.69, 9.17) is 0 Å². The minimum absolute atomic E-state index is 0.169. The van der Waals surface area contributed by atoms with Crippen LogP contribution in [0.2, 0.25) is 0 Å². The lowest BCUT2D eigenvalue weighted by Gasteiger charge is -2.05. The first-order chi connectivity index (χ1) is 9.11. The molecule has 96 valence electrons. The van der Waals surface area contributed by atoms with E-state index in [2.05, 4.69) is 9.72 Å². The quantitative estimate of drug-likeness (QED) is 0.676. The molecule has 2 aromatic heterocycles. The van der Waals surface area contributed by atoms with Gasteiger partial charge in [-0.2, -0.15) is 0 Å².